The van der Waals surface area contributed by atoms with Gasteiger partial charge in [-0.25, -0.2) is 4.79 Å². The molecule has 4 nitrogen and oxygen atoms in total. The molecule has 0 spiro atoms. The van der Waals surface area contributed by atoms with E-state index in [-0.39, 0.29) is 5.69 Å². The molecule has 0 aliphatic heterocycles. The van der Waals surface area contributed by atoms with Crippen LogP contribution >= 0.6 is 11.6 Å². The van der Waals surface area contributed by atoms with E-state index in [1.807, 2.05) is 42.5 Å². The van der Waals surface area contributed by atoms with Crippen molar-refractivity contribution in [2.75, 3.05) is 5.32 Å². The van der Waals surface area contributed by atoms with Gasteiger partial charge in [-0.3, -0.25) is 0 Å². The summed E-state index contributed by atoms with van der Waals surface area (Å²) in [4.78, 5) is 16.6. The number of hydrogen-bond acceptors (Lipinski definition) is 2. The zero-order valence-corrected chi connectivity index (χ0v) is 10.8. The Balaban J connectivity index is 1.79. The van der Waals surface area contributed by atoms with Crippen molar-refractivity contribution >= 4 is 28.3 Å². The van der Waals surface area contributed by atoms with Crippen molar-refractivity contribution in [2.45, 2.75) is 6.54 Å². The van der Waals surface area contributed by atoms with Gasteiger partial charge in [0.2, 0.25) is 0 Å². The quantitative estimate of drug-likeness (QED) is 0.687. The topological polar surface area (TPSA) is 60.7 Å². The fourth-order valence-electron chi connectivity index (χ4n) is 1.99. The van der Waals surface area contributed by atoms with Gasteiger partial charge in [0, 0.05) is 17.3 Å². The Kier molecular flexibility index (Phi) is 3.01. The first-order valence-corrected chi connectivity index (χ1v) is 6.29. The Hall–Kier alpha value is -2.20. The van der Waals surface area contributed by atoms with Crippen LogP contribution in [0.5, 0.6) is 0 Å². The van der Waals surface area contributed by atoms with Crippen molar-refractivity contribution in [3.63, 3.8) is 0 Å². The molecule has 0 fully saturated rings. The van der Waals surface area contributed by atoms with Gasteiger partial charge in [0.25, 0.3) is 0 Å². The second-order valence-corrected chi connectivity index (χ2v) is 4.76. The van der Waals surface area contributed by atoms with Crippen molar-refractivity contribution < 1.29 is 0 Å². The number of aromatic amines is 2. The molecule has 0 aliphatic carbocycles. The number of nitrogens with one attached hydrogen (secondary N) is 3. The number of H-pyrrole nitrogens is 2. The summed E-state index contributed by atoms with van der Waals surface area (Å²) in [6.07, 6.45) is 0. The lowest BCUT2D eigenvalue weighted by molar-refractivity contribution is 1.15. The summed E-state index contributed by atoms with van der Waals surface area (Å²) in [6.45, 7) is 0.681. The van der Waals surface area contributed by atoms with Crippen LogP contribution in [0.15, 0.2) is 47.3 Å². The monoisotopic (exact) mass is 273 g/mol. The first-order valence-electron chi connectivity index (χ1n) is 5.91. The van der Waals surface area contributed by atoms with Crippen LogP contribution in [0, 0.1) is 0 Å². The molecule has 3 rings (SSSR count). The van der Waals surface area contributed by atoms with Crippen LogP contribution in [0.25, 0.3) is 11.0 Å². The highest BCUT2D eigenvalue weighted by Crippen LogP contribution is 2.16. The van der Waals surface area contributed by atoms with Crippen LogP contribution in [-0.4, -0.2) is 9.97 Å². The predicted molar refractivity (Wildman–Crippen MR) is 77.7 cm³/mol. The third kappa shape index (κ3) is 2.63. The van der Waals surface area contributed by atoms with Gasteiger partial charge in [-0.15, -0.1) is 0 Å². The van der Waals surface area contributed by atoms with E-state index in [0.717, 1.165) is 27.3 Å². The van der Waals surface area contributed by atoms with E-state index >= 15 is 0 Å². The van der Waals surface area contributed by atoms with E-state index in [9.17, 15) is 4.79 Å². The molecule has 0 saturated carbocycles. The van der Waals surface area contributed by atoms with Gasteiger partial charge in [-0.1, -0.05) is 23.7 Å². The van der Waals surface area contributed by atoms with E-state index in [4.69, 9.17) is 11.6 Å². The van der Waals surface area contributed by atoms with Crippen LogP contribution < -0.4 is 11.0 Å². The third-order valence-electron chi connectivity index (χ3n) is 2.90. The molecule has 0 atom stereocenters. The van der Waals surface area contributed by atoms with Gasteiger partial charge in [0.15, 0.2) is 0 Å². The van der Waals surface area contributed by atoms with Crippen molar-refractivity contribution in [1.29, 1.82) is 0 Å². The molecular weight excluding hydrogens is 262 g/mol. The predicted octanol–water partition coefficient (Wildman–Crippen LogP) is 3.12. The number of anilines is 1. The first kappa shape index (κ1) is 11.9. The molecule has 0 amide bonds. The maximum atomic E-state index is 11.2. The molecular formula is C14H12ClN3O. The lowest BCUT2D eigenvalue weighted by atomic mass is 10.2. The molecule has 0 unspecified atom stereocenters. The minimum absolute atomic E-state index is 0.193. The Bertz CT molecular complexity index is 775. The van der Waals surface area contributed by atoms with Gasteiger partial charge < -0.3 is 15.3 Å². The number of rotatable bonds is 3. The number of halogens is 1. The second kappa shape index (κ2) is 4.82. The lowest BCUT2D eigenvalue weighted by Crippen LogP contribution is -1.99. The minimum atomic E-state index is -0.193. The lowest BCUT2D eigenvalue weighted by Gasteiger charge is -2.06. The highest BCUT2D eigenvalue weighted by Gasteiger charge is 2.00. The fraction of sp³-hybridized carbons (Fsp3) is 0.0714. The molecule has 1 heterocycles. The van der Waals surface area contributed by atoms with Gasteiger partial charge in [-0.2, -0.15) is 0 Å². The van der Waals surface area contributed by atoms with Crippen LogP contribution in [-0.2, 0) is 6.54 Å². The largest absolute Gasteiger partial charge is 0.381 e. The number of imidazole rings is 1. The Morgan fingerprint density at radius 2 is 1.89 bits per heavy atom. The molecule has 1 aromatic heterocycles. The van der Waals surface area contributed by atoms with Crippen molar-refractivity contribution in [3.05, 3.63) is 63.5 Å². The molecule has 2 aromatic carbocycles. The normalized spacial score (nSPS) is 10.8. The zero-order valence-electron chi connectivity index (χ0n) is 10.0. The summed E-state index contributed by atoms with van der Waals surface area (Å²) in [7, 11) is 0. The first-order chi connectivity index (χ1) is 9.20. The summed E-state index contributed by atoms with van der Waals surface area (Å²) in [6, 6.07) is 13.4. The maximum Gasteiger partial charge on any atom is 0.323 e. The van der Waals surface area contributed by atoms with E-state index < -0.39 is 0 Å². The standard InChI is InChI=1S/C14H12ClN3O/c15-10-3-1-2-9(6-10)8-16-11-4-5-12-13(7-11)18-14(19)17-12/h1-7,16H,8H2,(H2,17,18,19). The minimum Gasteiger partial charge on any atom is -0.381 e. The highest BCUT2D eigenvalue weighted by molar-refractivity contribution is 6.30. The molecule has 0 radical (unpaired) electrons. The van der Waals surface area contributed by atoms with Crippen LogP contribution in [0.1, 0.15) is 5.56 Å². The van der Waals surface area contributed by atoms with Gasteiger partial charge in [0.05, 0.1) is 11.0 Å². The summed E-state index contributed by atoms with van der Waals surface area (Å²) < 4.78 is 0. The Morgan fingerprint density at radius 3 is 2.74 bits per heavy atom. The number of aromatic nitrogens is 2. The van der Waals surface area contributed by atoms with Crippen molar-refractivity contribution in [3.8, 4) is 0 Å². The van der Waals surface area contributed by atoms with Gasteiger partial charge in [-0.05, 0) is 35.9 Å². The van der Waals surface area contributed by atoms with E-state index in [1.165, 1.54) is 0 Å². The summed E-state index contributed by atoms with van der Waals surface area (Å²) in [5.74, 6) is 0. The average molecular weight is 274 g/mol. The molecule has 3 N–H and O–H groups in total. The average Bonchev–Trinajstić information content (AvgIpc) is 2.75. The molecule has 19 heavy (non-hydrogen) atoms. The zero-order chi connectivity index (χ0) is 13.2. The molecule has 0 bridgehead atoms. The Labute approximate surface area is 114 Å². The summed E-state index contributed by atoms with van der Waals surface area (Å²) in [5, 5.41) is 4.02. The van der Waals surface area contributed by atoms with E-state index in [0.29, 0.717) is 6.54 Å². The van der Waals surface area contributed by atoms with E-state index in [1.54, 1.807) is 0 Å². The summed E-state index contributed by atoms with van der Waals surface area (Å²) in [5.41, 5.74) is 3.46. The second-order valence-electron chi connectivity index (χ2n) is 4.32. The molecule has 0 saturated heterocycles. The van der Waals surface area contributed by atoms with Crippen LogP contribution in [0.3, 0.4) is 0 Å². The van der Waals surface area contributed by atoms with Crippen LogP contribution in [0.2, 0.25) is 5.02 Å². The molecule has 0 aliphatic rings. The van der Waals surface area contributed by atoms with Crippen molar-refractivity contribution in [2.24, 2.45) is 0 Å². The molecule has 96 valence electrons. The Morgan fingerprint density at radius 1 is 1.05 bits per heavy atom. The smallest absolute Gasteiger partial charge is 0.323 e. The van der Waals surface area contributed by atoms with E-state index in [2.05, 4.69) is 15.3 Å². The van der Waals surface area contributed by atoms with Gasteiger partial charge >= 0.3 is 5.69 Å². The summed E-state index contributed by atoms with van der Waals surface area (Å²) >= 11 is 5.94. The number of hydrogen-bond donors (Lipinski definition) is 3. The molecule has 5 heteroatoms. The fourth-order valence-corrected chi connectivity index (χ4v) is 2.21. The SMILES string of the molecule is O=c1[nH]c2ccc(NCc3cccc(Cl)c3)cc2[nH]1. The number of benzene rings is 2. The van der Waals surface area contributed by atoms with Crippen LogP contribution in [0.4, 0.5) is 5.69 Å². The third-order valence-corrected chi connectivity index (χ3v) is 3.14. The van der Waals surface area contributed by atoms with Gasteiger partial charge in [0.1, 0.15) is 0 Å². The van der Waals surface area contributed by atoms with Crippen molar-refractivity contribution in [1.82, 2.24) is 9.97 Å². The molecule has 3 aromatic rings. The highest BCUT2D eigenvalue weighted by atomic mass is 35.5. The maximum absolute atomic E-state index is 11.2. The number of fused-ring (bicyclic) bond motifs is 1.